The highest BCUT2D eigenvalue weighted by atomic mass is 32.1. The van der Waals surface area contributed by atoms with Gasteiger partial charge in [0, 0.05) is 23.2 Å². The van der Waals surface area contributed by atoms with E-state index in [4.69, 9.17) is 0 Å². The van der Waals surface area contributed by atoms with Crippen LogP contribution < -0.4 is 5.32 Å². The predicted octanol–water partition coefficient (Wildman–Crippen LogP) is 5.79. The van der Waals surface area contributed by atoms with Crippen molar-refractivity contribution in [1.82, 2.24) is 14.9 Å². The maximum absolute atomic E-state index is 9.73. The lowest BCUT2D eigenvalue weighted by atomic mass is 10.1. The number of phenols is 1. The monoisotopic (exact) mass is 416 g/mol. The standard InChI is InChI=1S/C24H24N4OS/c29-20-9-5-8-19(13-20)27-24-23-21(25-16-26-24)14-22(30-23)18-7-4-6-17(12-18)15-28-10-2-1-3-11-28/h4-9,12-14,16,29H,1-3,10-11,15H2,(H,25,26,27). The minimum atomic E-state index is 0.225. The molecule has 1 aliphatic rings. The first-order valence-electron chi connectivity index (χ1n) is 10.4. The molecule has 30 heavy (non-hydrogen) atoms. The van der Waals surface area contributed by atoms with E-state index in [0.29, 0.717) is 0 Å². The van der Waals surface area contributed by atoms with Crippen molar-refractivity contribution < 1.29 is 5.11 Å². The molecule has 2 aromatic heterocycles. The molecule has 2 aromatic carbocycles. The summed E-state index contributed by atoms with van der Waals surface area (Å²) >= 11 is 1.69. The Morgan fingerprint density at radius 2 is 1.83 bits per heavy atom. The fraction of sp³-hybridized carbons (Fsp3) is 0.250. The number of nitrogens with zero attached hydrogens (tertiary/aromatic N) is 3. The van der Waals surface area contributed by atoms with Gasteiger partial charge in [-0.15, -0.1) is 11.3 Å². The molecule has 0 amide bonds. The maximum Gasteiger partial charge on any atom is 0.151 e. The average Bonchev–Trinajstić information content (AvgIpc) is 3.20. The van der Waals surface area contributed by atoms with Crippen LogP contribution in [0.15, 0.2) is 60.9 Å². The van der Waals surface area contributed by atoms with Gasteiger partial charge in [0.15, 0.2) is 5.82 Å². The van der Waals surface area contributed by atoms with Crippen LogP contribution in [0, 0.1) is 0 Å². The second kappa shape index (κ2) is 8.42. The fourth-order valence-electron chi connectivity index (χ4n) is 4.00. The van der Waals surface area contributed by atoms with Crippen molar-refractivity contribution in [2.24, 2.45) is 0 Å². The zero-order valence-corrected chi connectivity index (χ0v) is 17.5. The zero-order valence-electron chi connectivity index (χ0n) is 16.7. The second-order valence-electron chi connectivity index (χ2n) is 7.76. The zero-order chi connectivity index (χ0) is 20.3. The minimum Gasteiger partial charge on any atom is -0.508 e. The Morgan fingerprint density at radius 3 is 2.70 bits per heavy atom. The van der Waals surface area contributed by atoms with E-state index in [9.17, 15) is 5.11 Å². The summed E-state index contributed by atoms with van der Waals surface area (Å²) in [6.45, 7) is 3.42. The third kappa shape index (κ3) is 4.15. The molecular weight excluding hydrogens is 392 g/mol. The van der Waals surface area contributed by atoms with Crippen LogP contribution in [0.5, 0.6) is 5.75 Å². The van der Waals surface area contributed by atoms with Gasteiger partial charge in [-0.25, -0.2) is 9.97 Å². The lowest BCUT2D eigenvalue weighted by molar-refractivity contribution is 0.221. The van der Waals surface area contributed by atoms with Crippen LogP contribution >= 0.6 is 11.3 Å². The number of thiophene rings is 1. The van der Waals surface area contributed by atoms with Crippen LogP contribution in [-0.4, -0.2) is 33.1 Å². The molecule has 0 radical (unpaired) electrons. The Labute approximate surface area is 180 Å². The molecule has 0 saturated carbocycles. The van der Waals surface area contributed by atoms with E-state index in [2.05, 4.69) is 50.5 Å². The van der Waals surface area contributed by atoms with Crippen LogP contribution in [0.3, 0.4) is 0 Å². The topological polar surface area (TPSA) is 61.3 Å². The van der Waals surface area contributed by atoms with E-state index in [0.717, 1.165) is 28.3 Å². The van der Waals surface area contributed by atoms with E-state index in [1.54, 1.807) is 29.8 Å². The number of nitrogens with one attached hydrogen (secondary N) is 1. The summed E-state index contributed by atoms with van der Waals surface area (Å²) in [5, 5.41) is 13.0. The first-order valence-corrected chi connectivity index (χ1v) is 11.2. The summed E-state index contributed by atoms with van der Waals surface area (Å²) in [7, 11) is 0. The van der Waals surface area contributed by atoms with Crippen molar-refractivity contribution in [3.63, 3.8) is 0 Å². The summed E-state index contributed by atoms with van der Waals surface area (Å²) in [6.07, 6.45) is 5.56. The Hall–Kier alpha value is -2.96. The number of phenolic OH excluding ortho intramolecular Hbond substituents is 1. The number of aromatic nitrogens is 2. The number of aromatic hydroxyl groups is 1. The lowest BCUT2D eigenvalue weighted by Crippen LogP contribution is -2.29. The van der Waals surface area contributed by atoms with Crippen molar-refractivity contribution in [3.05, 3.63) is 66.5 Å². The molecule has 6 heteroatoms. The molecule has 3 heterocycles. The number of piperidine rings is 1. The molecule has 152 valence electrons. The van der Waals surface area contributed by atoms with Gasteiger partial charge in [-0.05, 0) is 61.3 Å². The molecule has 0 bridgehead atoms. The highest BCUT2D eigenvalue weighted by molar-refractivity contribution is 7.22. The van der Waals surface area contributed by atoms with Crippen LogP contribution in [0.25, 0.3) is 20.7 Å². The molecule has 0 unspecified atom stereocenters. The van der Waals surface area contributed by atoms with Gasteiger partial charge < -0.3 is 10.4 Å². The van der Waals surface area contributed by atoms with E-state index >= 15 is 0 Å². The first-order chi connectivity index (χ1) is 14.7. The van der Waals surface area contributed by atoms with Crippen LogP contribution in [0.2, 0.25) is 0 Å². The van der Waals surface area contributed by atoms with Crippen molar-refractivity contribution in [1.29, 1.82) is 0 Å². The molecule has 2 N–H and O–H groups in total. The molecule has 0 atom stereocenters. The number of hydrogen-bond donors (Lipinski definition) is 2. The fourth-order valence-corrected chi connectivity index (χ4v) is 5.06. The summed E-state index contributed by atoms with van der Waals surface area (Å²) < 4.78 is 1.01. The Balaban J connectivity index is 1.43. The number of hydrogen-bond acceptors (Lipinski definition) is 6. The normalized spacial score (nSPS) is 14.8. The molecule has 1 fully saturated rings. The Kier molecular flexibility index (Phi) is 5.34. The van der Waals surface area contributed by atoms with E-state index in [1.807, 2.05) is 12.1 Å². The minimum absolute atomic E-state index is 0.225. The molecule has 5 rings (SSSR count). The number of rotatable bonds is 5. The van der Waals surface area contributed by atoms with Crippen LogP contribution in [0.1, 0.15) is 24.8 Å². The van der Waals surface area contributed by atoms with Crippen molar-refractivity contribution >= 4 is 33.1 Å². The number of fused-ring (bicyclic) bond motifs is 1. The highest BCUT2D eigenvalue weighted by Crippen LogP contribution is 2.37. The highest BCUT2D eigenvalue weighted by Gasteiger charge is 2.13. The first kappa shape index (κ1) is 19.0. The van der Waals surface area contributed by atoms with Gasteiger partial charge in [-0.3, -0.25) is 4.90 Å². The van der Waals surface area contributed by atoms with Gasteiger partial charge in [-0.1, -0.05) is 30.7 Å². The molecule has 4 aromatic rings. The SMILES string of the molecule is Oc1cccc(Nc2ncnc3cc(-c4cccc(CN5CCCCC5)c4)sc23)c1. The summed E-state index contributed by atoms with van der Waals surface area (Å²) in [6, 6.07) is 18.0. The second-order valence-corrected chi connectivity index (χ2v) is 8.81. The van der Waals surface area contributed by atoms with Gasteiger partial charge in [-0.2, -0.15) is 0 Å². The lowest BCUT2D eigenvalue weighted by Gasteiger charge is -2.26. The third-order valence-corrected chi connectivity index (χ3v) is 6.67. The van der Waals surface area contributed by atoms with Crippen LogP contribution in [-0.2, 0) is 6.54 Å². The number of likely N-dealkylation sites (tertiary alicyclic amines) is 1. The number of benzene rings is 2. The van der Waals surface area contributed by atoms with Crippen molar-refractivity contribution in [2.75, 3.05) is 18.4 Å². The van der Waals surface area contributed by atoms with Crippen molar-refractivity contribution in [3.8, 4) is 16.2 Å². The van der Waals surface area contributed by atoms with E-state index in [1.165, 1.54) is 48.4 Å². The summed E-state index contributed by atoms with van der Waals surface area (Å²) in [4.78, 5) is 12.6. The third-order valence-electron chi connectivity index (χ3n) is 5.49. The van der Waals surface area contributed by atoms with E-state index < -0.39 is 0 Å². The molecular formula is C24H24N4OS. The Morgan fingerprint density at radius 1 is 0.967 bits per heavy atom. The van der Waals surface area contributed by atoms with Crippen LogP contribution in [0.4, 0.5) is 11.5 Å². The quantitative estimate of drug-likeness (QED) is 0.431. The molecule has 0 aliphatic carbocycles. The van der Waals surface area contributed by atoms with Gasteiger partial charge in [0.05, 0.1) is 10.2 Å². The largest absolute Gasteiger partial charge is 0.508 e. The molecule has 5 nitrogen and oxygen atoms in total. The van der Waals surface area contributed by atoms with E-state index in [-0.39, 0.29) is 5.75 Å². The average molecular weight is 417 g/mol. The smallest absolute Gasteiger partial charge is 0.151 e. The van der Waals surface area contributed by atoms with Crippen molar-refractivity contribution in [2.45, 2.75) is 25.8 Å². The molecule has 0 spiro atoms. The summed E-state index contributed by atoms with van der Waals surface area (Å²) in [5.74, 6) is 0.981. The summed E-state index contributed by atoms with van der Waals surface area (Å²) in [5.41, 5.74) is 4.30. The Bertz CT molecular complexity index is 1170. The predicted molar refractivity (Wildman–Crippen MR) is 123 cm³/mol. The molecule has 1 saturated heterocycles. The maximum atomic E-state index is 9.73. The van der Waals surface area contributed by atoms with Gasteiger partial charge in [0.1, 0.15) is 12.1 Å². The van der Waals surface area contributed by atoms with Gasteiger partial charge in [0.25, 0.3) is 0 Å². The van der Waals surface area contributed by atoms with Gasteiger partial charge >= 0.3 is 0 Å². The van der Waals surface area contributed by atoms with Gasteiger partial charge in [0.2, 0.25) is 0 Å². The number of anilines is 2. The molecule has 1 aliphatic heterocycles.